The van der Waals surface area contributed by atoms with Gasteiger partial charge in [0.2, 0.25) is 0 Å². The average molecular weight is 431 g/mol. The van der Waals surface area contributed by atoms with E-state index in [1.165, 1.54) is 45.4 Å². The number of hydrogen-bond acceptors (Lipinski definition) is 3. The van der Waals surface area contributed by atoms with E-state index < -0.39 is 11.9 Å². The molecule has 0 spiro atoms. The van der Waals surface area contributed by atoms with E-state index in [2.05, 4.69) is 0 Å². The fourth-order valence-corrected chi connectivity index (χ4v) is 5.12. The van der Waals surface area contributed by atoms with Gasteiger partial charge in [-0.1, -0.05) is 62.8 Å². The highest BCUT2D eigenvalue weighted by Gasteiger charge is 2.36. The molecule has 1 aromatic carbocycles. The first-order valence-corrected chi connectivity index (χ1v) is 11.9. The summed E-state index contributed by atoms with van der Waals surface area (Å²) in [5, 5.41) is 17.9. The third kappa shape index (κ3) is 8.84. The first kappa shape index (κ1) is 25.1. The minimum Gasteiger partial charge on any atom is -0.481 e. The third-order valence-electron chi connectivity index (χ3n) is 6.82. The Bertz CT molecular complexity index is 679. The summed E-state index contributed by atoms with van der Waals surface area (Å²) >= 11 is 0. The largest absolute Gasteiger partial charge is 0.481 e. The lowest BCUT2D eigenvalue weighted by Crippen LogP contribution is -2.33. The van der Waals surface area contributed by atoms with E-state index in [4.69, 9.17) is 5.11 Å². The van der Waals surface area contributed by atoms with E-state index in [1.54, 1.807) is 12.1 Å². The number of hydrogen-bond donors (Lipinski definition) is 2. The van der Waals surface area contributed by atoms with Crippen LogP contribution in [0.4, 0.5) is 0 Å². The van der Waals surface area contributed by atoms with Gasteiger partial charge in [-0.15, -0.1) is 0 Å². The van der Waals surface area contributed by atoms with Crippen molar-refractivity contribution in [2.24, 2.45) is 17.8 Å². The summed E-state index contributed by atoms with van der Waals surface area (Å²) in [7, 11) is 0. The van der Waals surface area contributed by atoms with Gasteiger partial charge in [0, 0.05) is 12.0 Å². The van der Waals surface area contributed by atoms with Crippen molar-refractivity contribution in [2.45, 2.75) is 90.4 Å². The lowest BCUT2D eigenvalue weighted by Gasteiger charge is -2.35. The molecule has 0 heterocycles. The molecular formula is C26H38O5. The Kier molecular flexibility index (Phi) is 10.8. The van der Waals surface area contributed by atoms with Gasteiger partial charge in [-0.2, -0.15) is 0 Å². The number of carbonyl (C=O) groups excluding carboxylic acids is 1. The maximum Gasteiger partial charge on any atom is 0.307 e. The molecule has 0 amide bonds. The van der Waals surface area contributed by atoms with Gasteiger partial charge < -0.3 is 10.2 Å². The number of aryl methyl sites for hydroxylation is 1. The first-order valence-electron chi connectivity index (χ1n) is 11.9. The van der Waals surface area contributed by atoms with E-state index in [9.17, 15) is 19.5 Å². The van der Waals surface area contributed by atoms with Crippen LogP contribution in [0, 0.1) is 17.8 Å². The average Bonchev–Trinajstić information content (AvgIpc) is 2.76. The number of carboxylic acids is 2. The lowest BCUT2D eigenvalue weighted by atomic mass is 9.70. The van der Waals surface area contributed by atoms with E-state index in [1.807, 2.05) is 12.1 Å². The summed E-state index contributed by atoms with van der Waals surface area (Å²) in [6.07, 6.45) is 13.8. The van der Waals surface area contributed by atoms with Crippen molar-refractivity contribution in [3.05, 3.63) is 35.4 Å². The third-order valence-corrected chi connectivity index (χ3v) is 6.82. The Morgan fingerprint density at radius 1 is 0.839 bits per heavy atom. The van der Waals surface area contributed by atoms with Crippen LogP contribution in [-0.4, -0.2) is 27.9 Å². The zero-order valence-electron chi connectivity index (χ0n) is 18.9. The summed E-state index contributed by atoms with van der Waals surface area (Å²) in [5.41, 5.74) is 1.76. The summed E-state index contributed by atoms with van der Waals surface area (Å²) in [6, 6.07) is 7.30. The monoisotopic (exact) mass is 430 g/mol. The minimum atomic E-state index is -0.768. The quantitative estimate of drug-likeness (QED) is 0.483. The van der Waals surface area contributed by atoms with Gasteiger partial charge in [0.1, 0.15) is 0 Å². The number of rotatable bonds is 8. The standard InChI is InChI=1S/C14H24O2.C12H14O3/c15-14(16)13(11-7-3-1-4-8-11)12-9-5-2-6-10-12;1-9(13)11-7-5-10(6-8-11)3-2-4-12(14)15/h11-13H,1-10H2,(H,15,16);5-8H,2-4H2,1H3,(H,14,15). The van der Waals surface area contributed by atoms with Crippen LogP contribution in [0.3, 0.4) is 0 Å². The zero-order chi connectivity index (χ0) is 22.6. The maximum absolute atomic E-state index is 11.5. The molecule has 2 aliphatic rings. The second-order valence-electron chi connectivity index (χ2n) is 9.16. The topological polar surface area (TPSA) is 91.7 Å². The highest BCUT2D eigenvalue weighted by Crippen LogP contribution is 2.40. The van der Waals surface area contributed by atoms with E-state index in [0.29, 0.717) is 23.8 Å². The summed E-state index contributed by atoms with van der Waals surface area (Å²) in [6.45, 7) is 1.53. The van der Waals surface area contributed by atoms with Gasteiger partial charge in [0.25, 0.3) is 0 Å². The number of aliphatic carboxylic acids is 2. The number of Topliss-reactive ketones (excluding diaryl/α,β-unsaturated/α-hetero) is 1. The van der Waals surface area contributed by atoms with Crippen molar-refractivity contribution < 1.29 is 24.6 Å². The van der Waals surface area contributed by atoms with Gasteiger partial charge in [-0.05, 0) is 62.8 Å². The molecule has 5 nitrogen and oxygen atoms in total. The Balaban J connectivity index is 0.000000221. The molecule has 2 saturated carbocycles. The summed E-state index contributed by atoms with van der Waals surface area (Å²) in [5.74, 6) is -0.300. The second-order valence-corrected chi connectivity index (χ2v) is 9.16. The highest BCUT2D eigenvalue weighted by molar-refractivity contribution is 5.94. The van der Waals surface area contributed by atoms with Crippen molar-refractivity contribution in [2.75, 3.05) is 0 Å². The molecule has 0 aromatic heterocycles. The molecule has 2 fully saturated rings. The van der Waals surface area contributed by atoms with E-state index >= 15 is 0 Å². The van der Waals surface area contributed by atoms with Gasteiger partial charge in [-0.25, -0.2) is 0 Å². The van der Waals surface area contributed by atoms with Crippen LogP contribution < -0.4 is 0 Å². The molecule has 0 unspecified atom stereocenters. The SMILES string of the molecule is CC(=O)c1ccc(CCCC(=O)O)cc1.O=C(O)C(C1CCCCC1)C1CCCCC1. The Morgan fingerprint density at radius 3 is 1.71 bits per heavy atom. The molecule has 1 aromatic rings. The van der Waals surface area contributed by atoms with Gasteiger partial charge in [0.05, 0.1) is 5.92 Å². The highest BCUT2D eigenvalue weighted by atomic mass is 16.4. The molecule has 2 aliphatic carbocycles. The molecule has 0 radical (unpaired) electrons. The fraction of sp³-hybridized carbons (Fsp3) is 0.654. The molecule has 0 bridgehead atoms. The molecule has 5 heteroatoms. The van der Waals surface area contributed by atoms with Crippen LogP contribution in [0.1, 0.15) is 99.9 Å². The first-order chi connectivity index (χ1) is 14.9. The second kappa shape index (κ2) is 13.3. The fourth-order valence-electron chi connectivity index (χ4n) is 5.12. The Labute approximate surface area is 186 Å². The van der Waals surface area contributed by atoms with Crippen molar-refractivity contribution in [1.82, 2.24) is 0 Å². The van der Waals surface area contributed by atoms with Crippen molar-refractivity contribution in [1.29, 1.82) is 0 Å². The molecule has 172 valence electrons. The molecule has 2 N–H and O–H groups in total. The van der Waals surface area contributed by atoms with E-state index in [0.717, 1.165) is 37.7 Å². The van der Waals surface area contributed by atoms with Crippen LogP contribution in [-0.2, 0) is 16.0 Å². The van der Waals surface area contributed by atoms with Gasteiger partial charge in [-0.3, -0.25) is 14.4 Å². The maximum atomic E-state index is 11.5. The van der Waals surface area contributed by atoms with Crippen LogP contribution in [0.25, 0.3) is 0 Å². The number of carboxylic acid groups (broad SMARTS) is 2. The molecule has 0 atom stereocenters. The van der Waals surface area contributed by atoms with Crippen molar-refractivity contribution in [3.8, 4) is 0 Å². The Hall–Kier alpha value is -2.17. The predicted octanol–water partition coefficient (Wildman–Crippen LogP) is 6.14. The van der Waals surface area contributed by atoms with Crippen LogP contribution in [0.5, 0.6) is 0 Å². The normalized spacial score (nSPS) is 17.6. The van der Waals surface area contributed by atoms with Crippen LogP contribution in [0.15, 0.2) is 24.3 Å². The number of benzene rings is 1. The summed E-state index contributed by atoms with van der Waals surface area (Å²) < 4.78 is 0. The van der Waals surface area contributed by atoms with Crippen molar-refractivity contribution in [3.63, 3.8) is 0 Å². The predicted molar refractivity (Wildman–Crippen MR) is 121 cm³/mol. The van der Waals surface area contributed by atoms with E-state index in [-0.39, 0.29) is 18.1 Å². The molecule has 0 aliphatic heterocycles. The van der Waals surface area contributed by atoms with Gasteiger partial charge in [0.15, 0.2) is 5.78 Å². The molecule has 31 heavy (non-hydrogen) atoms. The van der Waals surface area contributed by atoms with Crippen molar-refractivity contribution >= 4 is 17.7 Å². The Morgan fingerprint density at radius 2 is 1.32 bits per heavy atom. The number of ketones is 1. The molecule has 0 saturated heterocycles. The molecule has 3 rings (SSSR count). The lowest BCUT2D eigenvalue weighted by molar-refractivity contribution is -0.147. The molecular weight excluding hydrogens is 392 g/mol. The number of carbonyl (C=O) groups is 3. The van der Waals surface area contributed by atoms with Crippen LogP contribution >= 0.6 is 0 Å². The minimum absolute atomic E-state index is 0.0272. The zero-order valence-corrected chi connectivity index (χ0v) is 18.9. The summed E-state index contributed by atoms with van der Waals surface area (Å²) in [4.78, 5) is 32.8. The van der Waals surface area contributed by atoms with Crippen LogP contribution in [0.2, 0.25) is 0 Å². The smallest absolute Gasteiger partial charge is 0.307 e. The van der Waals surface area contributed by atoms with Gasteiger partial charge >= 0.3 is 11.9 Å².